The molecule has 34 heavy (non-hydrogen) atoms. The highest BCUT2D eigenvalue weighted by molar-refractivity contribution is 8.13. The van der Waals surface area contributed by atoms with E-state index in [1.807, 2.05) is 49.4 Å². The fourth-order valence-corrected chi connectivity index (χ4v) is 4.58. The molecule has 0 unspecified atom stereocenters. The molecule has 0 spiro atoms. The summed E-state index contributed by atoms with van der Waals surface area (Å²) in [5.41, 5.74) is 3.66. The minimum absolute atomic E-state index is 0.181. The number of fused-ring (bicyclic) bond motifs is 1. The van der Waals surface area contributed by atoms with Crippen LogP contribution in [0.1, 0.15) is 16.7 Å². The number of ether oxygens (including phenoxy) is 3. The molecule has 172 valence electrons. The van der Waals surface area contributed by atoms with Gasteiger partial charge in [0.15, 0.2) is 28.2 Å². The van der Waals surface area contributed by atoms with Crippen molar-refractivity contribution < 1.29 is 23.4 Å². The quantitative estimate of drug-likeness (QED) is 0.452. The van der Waals surface area contributed by atoms with Crippen molar-refractivity contribution >= 4 is 34.6 Å². The molecule has 2 aliphatic heterocycles. The number of carbonyl (C=O) groups is 1. The third kappa shape index (κ3) is 4.36. The number of amides is 1. The molecule has 3 aromatic carbocycles. The van der Waals surface area contributed by atoms with Gasteiger partial charge in [-0.25, -0.2) is 9.38 Å². The Morgan fingerprint density at radius 2 is 1.88 bits per heavy atom. The van der Waals surface area contributed by atoms with Crippen LogP contribution in [0.2, 0.25) is 0 Å². The number of nitrogens with zero attached hydrogens (tertiary/aromatic N) is 2. The summed E-state index contributed by atoms with van der Waals surface area (Å²) >= 11 is 1.37. The van der Waals surface area contributed by atoms with E-state index in [0.717, 1.165) is 22.4 Å². The smallest absolute Gasteiger partial charge is 0.283 e. The summed E-state index contributed by atoms with van der Waals surface area (Å²) < 4.78 is 29.9. The summed E-state index contributed by atoms with van der Waals surface area (Å²) in [6.45, 7) is 2.17. The second kappa shape index (κ2) is 9.23. The van der Waals surface area contributed by atoms with E-state index in [1.165, 1.54) is 24.9 Å². The molecule has 0 bridgehead atoms. The van der Waals surface area contributed by atoms with Crippen molar-refractivity contribution in [3.63, 3.8) is 0 Å². The summed E-state index contributed by atoms with van der Waals surface area (Å²) in [4.78, 5) is 19.6. The number of aryl methyl sites for hydroxylation is 1. The van der Waals surface area contributed by atoms with Crippen LogP contribution < -0.4 is 19.1 Å². The normalized spacial score (nSPS) is 15.7. The Morgan fingerprint density at radius 3 is 2.65 bits per heavy atom. The van der Waals surface area contributed by atoms with Crippen LogP contribution in [0, 0.1) is 12.7 Å². The van der Waals surface area contributed by atoms with E-state index < -0.39 is 5.82 Å². The summed E-state index contributed by atoms with van der Waals surface area (Å²) in [6, 6.07) is 18.0. The molecular formula is C26H21FN2O4S. The minimum Gasteiger partial charge on any atom is -0.494 e. The monoisotopic (exact) mass is 476 g/mol. The standard InChI is InChI=1S/C26H21FN2O4S/c1-16-3-7-19(8-4-16)29-25(30)21(12-17-5-10-23-24(13-17)33-15-32-23)28-26(29)34-14-18-6-9-22(31-2)20(27)11-18/h3-13H,14-15H2,1-2H3/b21-12-. The maximum atomic E-state index is 14.1. The highest BCUT2D eigenvalue weighted by Gasteiger charge is 2.32. The molecule has 0 saturated heterocycles. The average molecular weight is 477 g/mol. The molecule has 0 radical (unpaired) electrons. The SMILES string of the molecule is COc1ccc(CSC2=N/C(=C\c3ccc4c(c3)OCO4)C(=O)N2c2ccc(C)cc2)cc1F. The molecule has 3 aromatic rings. The molecule has 0 fully saturated rings. The van der Waals surface area contributed by atoms with Gasteiger partial charge in [0.1, 0.15) is 5.70 Å². The zero-order valence-electron chi connectivity index (χ0n) is 18.6. The Labute approximate surface area is 200 Å². The molecule has 6 nitrogen and oxygen atoms in total. The van der Waals surface area contributed by atoms with Gasteiger partial charge >= 0.3 is 0 Å². The van der Waals surface area contributed by atoms with Gasteiger partial charge in [-0.3, -0.25) is 9.69 Å². The van der Waals surface area contributed by atoms with Gasteiger partial charge in [0.05, 0.1) is 12.8 Å². The number of amidine groups is 1. The fourth-order valence-electron chi connectivity index (χ4n) is 3.62. The van der Waals surface area contributed by atoms with E-state index in [-0.39, 0.29) is 18.4 Å². The van der Waals surface area contributed by atoms with E-state index in [1.54, 1.807) is 23.1 Å². The first-order chi connectivity index (χ1) is 16.5. The summed E-state index contributed by atoms with van der Waals surface area (Å²) in [5, 5.41) is 0.525. The summed E-state index contributed by atoms with van der Waals surface area (Å²) in [5.74, 6) is 1.28. The van der Waals surface area contributed by atoms with Crippen LogP contribution in [0.3, 0.4) is 0 Å². The number of aliphatic imine (C=N–C) groups is 1. The molecule has 0 N–H and O–H groups in total. The maximum Gasteiger partial charge on any atom is 0.283 e. The van der Waals surface area contributed by atoms with E-state index in [2.05, 4.69) is 4.99 Å². The van der Waals surface area contributed by atoms with Gasteiger partial charge in [0.25, 0.3) is 5.91 Å². The first kappa shape index (κ1) is 22.0. The van der Waals surface area contributed by atoms with Crippen LogP contribution in [0.15, 0.2) is 71.4 Å². The number of carbonyl (C=O) groups excluding carboxylic acids is 1. The number of hydrogen-bond donors (Lipinski definition) is 0. The largest absolute Gasteiger partial charge is 0.494 e. The number of halogens is 1. The number of methoxy groups -OCH3 is 1. The van der Waals surface area contributed by atoms with Gasteiger partial charge in [0, 0.05) is 5.75 Å². The van der Waals surface area contributed by atoms with E-state index in [0.29, 0.717) is 28.1 Å². The molecule has 2 heterocycles. The lowest BCUT2D eigenvalue weighted by molar-refractivity contribution is -0.113. The predicted molar refractivity (Wildman–Crippen MR) is 131 cm³/mol. The first-order valence-electron chi connectivity index (χ1n) is 10.6. The van der Waals surface area contributed by atoms with Crippen molar-refractivity contribution in [3.8, 4) is 17.2 Å². The van der Waals surface area contributed by atoms with Crippen LogP contribution in [0.5, 0.6) is 17.2 Å². The van der Waals surface area contributed by atoms with E-state index >= 15 is 0 Å². The lowest BCUT2D eigenvalue weighted by Gasteiger charge is -2.18. The van der Waals surface area contributed by atoms with Crippen LogP contribution in [0.4, 0.5) is 10.1 Å². The van der Waals surface area contributed by atoms with Gasteiger partial charge in [-0.2, -0.15) is 0 Å². The Hall–Kier alpha value is -3.78. The van der Waals surface area contributed by atoms with Crippen LogP contribution in [-0.4, -0.2) is 25.0 Å². The lowest BCUT2D eigenvalue weighted by Crippen LogP contribution is -2.30. The third-order valence-electron chi connectivity index (χ3n) is 5.41. The topological polar surface area (TPSA) is 60.4 Å². The van der Waals surface area contributed by atoms with Crippen LogP contribution in [0.25, 0.3) is 6.08 Å². The van der Waals surface area contributed by atoms with Crippen LogP contribution in [-0.2, 0) is 10.5 Å². The van der Waals surface area contributed by atoms with Gasteiger partial charge in [-0.05, 0) is 60.5 Å². The van der Waals surface area contributed by atoms with E-state index in [9.17, 15) is 9.18 Å². The molecule has 2 aliphatic rings. The molecule has 0 aliphatic carbocycles. The molecule has 8 heteroatoms. The second-order valence-electron chi connectivity index (χ2n) is 7.77. The van der Waals surface area contributed by atoms with Crippen molar-refractivity contribution in [1.82, 2.24) is 0 Å². The zero-order chi connectivity index (χ0) is 23.7. The lowest BCUT2D eigenvalue weighted by atomic mass is 10.1. The Bertz CT molecular complexity index is 1320. The second-order valence-corrected chi connectivity index (χ2v) is 8.71. The van der Waals surface area contributed by atoms with Crippen molar-refractivity contribution in [2.75, 3.05) is 18.8 Å². The molecule has 5 rings (SSSR count). The maximum absolute atomic E-state index is 14.1. The highest BCUT2D eigenvalue weighted by Crippen LogP contribution is 2.35. The number of anilines is 1. The number of thioether (sulfide) groups is 1. The summed E-state index contributed by atoms with van der Waals surface area (Å²) in [6.07, 6.45) is 1.73. The number of hydrogen-bond acceptors (Lipinski definition) is 6. The molecule has 0 atom stereocenters. The van der Waals surface area contributed by atoms with Crippen molar-refractivity contribution in [2.24, 2.45) is 4.99 Å². The van der Waals surface area contributed by atoms with Gasteiger partial charge in [-0.1, -0.05) is 41.6 Å². The van der Waals surface area contributed by atoms with Gasteiger partial charge < -0.3 is 14.2 Å². The molecule has 0 aromatic heterocycles. The first-order valence-corrected chi connectivity index (χ1v) is 11.6. The van der Waals surface area contributed by atoms with Crippen LogP contribution >= 0.6 is 11.8 Å². The molecule has 1 amide bonds. The third-order valence-corrected chi connectivity index (χ3v) is 6.42. The number of benzene rings is 3. The van der Waals surface area contributed by atoms with E-state index in [4.69, 9.17) is 14.2 Å². The zero-order valence-corrected chi connectivity index (χ0v) is 19.4. The predicted octanol–water partition coefficient (Wildman–Crippen LogP) is 5.55. The van der Waals surface area contributed by atoms with Gasteiger partial charge in [-0.15, -0.1) is 0 Å². The van der Waals surface area contributed by atoms with Crippen molar-refractivity contribution in [2.45, 2.75) is 12.7 Å². The molecule has 0 saturated carbocycles. The van der Waals surface area contributed by atoms with Gasteiger partial charge in [0.2, 0.25) is 6.79 Å². The Morgan fingerprint density at radius 1 is 1.09 bits per heavy atom. The van der Waals surface area contributed by atoms with Crippen molar-refractivity contribution in [3.05, 3.63) is 88.9 Å². The number of rotatable bonds is 5. The Kier molecular flexibility index (Phi) is 5.98. The Balaban J connectivity index is 1.45. The highest BCUT2D eigenvalue weighted by atomic mass is 32.2. The fraction of sp³-hybridized carbons (Fsp3) is 0.154. The molecular weight excluding hydrogens is 455 g/mol. The average Bonchev–Trinajstić information content (AvgIpc) is 3.42. The van der Waals surface area contributed by atoms with Crippen molar-refractivity contribution in [1.29, 1.82) is 0 Å². The minimum atomic E-state index is -0.427. The summed E-state index contributed by atoms with van der Waals surface area (Å²) in [7, 11) is 1.43.